The molecule has 2 aromatic rings. The van der Waals surface area contributed by atoms with Gasteiger partial charge in [0.15, 0.2) is 0 Å². The molecule has 2 saturated heterocycles. The number of rotatable bonds is 7. The van der Waals surface area contributed by atoms with Crippen molar-refractivity contribution in [3.63, 3.8) is 0 Å². The molecule has 2 aliphatic heterocycles. The molecule has 3 unspecified atom stereocenters. The number of anilines is 1. The minimum atomic E-state index is 0.285. The van der Waals surface area contributed by atoms with E-state index in [2.05, 4.69) is 50.9 Å². The van der Waals surface area contributed by atoms with E-state index >= 15 is 0 Å². The Bertz CT molecular complexity index is 890. The first-order chi connectivity index (χ1) is 15.7. The van der Waals surface area contributed by atoms with Crippen LogP contribution in [0, 0.1) is 11.8 Å². The van der Waals surface area contributed by atoms with E-state index in [1.807, 2.05) is 12.3 Å². The van der Waals surface area contributed by atoms with E-state index in [1.165, 1.54) is 12.8 Å². The Morgan fingerprint density at radius 3 is 2.72 bits per heavy atom. The average molecular weight is 437 g/mol. The number of aromatic nitrogens is 1. The molecule has 0 spiro atoms. The van der Waals surface area contributed by atoms with Gasteiger partial charge in [0.2, 0.25) is 5.91 Å². The monoisotopic (exact) mass is 436 g/mol. The Labute approximate surface area is 191 Å². The van der Waals surface area contributed by atoms with Crippen LogP contribution in [-0.4, -0.2) is 66.5 Å². The number of aryl methyl sites for hydroxylation is 1. The number of carbonyl (C=O) groups is 1. The van der Waals surface area contributed by atoms with Crippen molar-refractivity contribution in [2.75, 3.05) is 50.7 Å². The molecule has 6 nitrogen and oxygen atoms in total. The fraction of sp³-hybridized carbons (Fsp3) is 0.615. The molecule has 3 atom stereocenters. The van der Waals surface area contributed by atoms with E-state index in [1.54, 1.807) is 0 Å². The van der Waals surface area contributed by atoms with Crippen LogP contribution in [0.3, 0.4) is 0 Å². The first kappa shape index (κ1) is 21.5. The van der Waals surface area contributed by atoms with Crippen LogP contribution in [0.1, 0.15) is 50.0 Å². The van der Waals surface area contributed by atoms with Crippen molar-refractivity contribution < 1.29 is 9.21 Å². The predicted molar refractivity (Wildman–Crippen MR) is 126 cm³/mol. The number of piperidine rings is 1. The van der Waals surface area contributed by atoms with Crippen molar-refractivity contribution in [2.24, 2.45) is 11.8 Å². The van der Waals surface area contributed by atoms with Gasteiger partial charge in [-0.1, -0.05) is 13.0 Å². The third kappa shape index (κ3) is 5.17. The van der Waals surface area contributed by atoms with Crippen LogP contribution in [0.4, 0.5) is 5.82 Å². The summed E-state index contributed by atoms with van der Waals surface area (Å²) in [6.45, 7) is 9.37. The maximum atomic E-state index is 12.9. The van der Waals surface area contributed by atoms with Crippen LogP contribution >= 0.6 is 0 Å². The van der Waals surface area contributed by atoms with Crippen LogP contribution < -0.4 is 4.90 Å². The quantitative estimate of drug-likeness (QED) is 0.661. The first-order valence-corrected chi connectivity index (χ1v) is 12.4. The third-order valence-corrected chi connectivity index (χ3v) is 7.48. The lowest BCUT2D eigenvalue weighted by molar-refractivity contribution is -0.133. The lowest BCUT2D eigenvalue weighted by Crippen LogP contribution is -2.50. The van der Waals surface area contributed by atoms with Crippen molar-refractivity contribution in [3.8, 4) is 0 Å². The Balaban J connectivity index is 1.05. The molecule has 3 aliphatic rings. The summed E-state index contributed by atoms with van der Waals surface area (Å²) < 4.78 is 5.99. The lowest BCUT2D eigenvalue weighted by atomic mass is 9.96. The van der Waals surface area contributed by atoms with E-state index < -0.39 is 0 Å². The van der Waals surface area contributed by atoms with Gasteiger partial charge in [-0.3, -0.25) is 9.69 Å². The molecule has 0 aromatic carbocycles. The number of furan rings is 1. The fourth-order valence-electron chi connectivity index (χ4n) is 5.34. The van der Waals surface area contributed by atoms with Crippen molar-refractivity contribution >= 4 is 11.7 Å². The van der Waals surface area contributed by atoms with Gasteiger partial charge in [0.1, 0.15) is 17.3 Å². The first-order valence-electron chi connectivity index (χ1n) is 12.4. The molecule has 1 amide bonds. The van der Waals surface area contributed by atoms with E-state index in [9.17, 15) is 4.79 Å². The van der Waals surface area contributed by atoms with Gasteiger partial charge in [0.05, 0.1) is 0 Å². The maximum absolute atomic E-state index is 12.9. The number of hydrogen-bond donors (Lipinski definition) is 0. The van der Waals surface area contributed by atoms with Gasteiger partial charge in [0, 0.05) is 70.8 Å². The van der Waals surface area contributed by atoms with Gasteiger partial charge in [-0.25, -0.2) is 4.98 Å². The molecular formula is C26H36N4O2. The summed E-state index contributed by atoms with van der Waals surface area (Å²) in [4.78, 5) is 24.4. The molecule has 5 rings (SSSR count). The second-order valence-corrected chi connectivity index (χ2v) is 9.95. The topological polar surface area (TPSA) is 52.8 Å². The molecule has 172 valence electrons. The summed E-state index contributed by atoms with van der Waals surface area (Å²) in [6.07, 6.45) is 6.73. The number of nitrogens with zero attached hydrogens (tertiary/aromatic N) is 4. The number of hydrogen-bond acceptors (Lipinski definition) is 5. The Hall–Kier alpha value is -2.34. The number of pyridine rings is 1. The summed E-state index contributed by atoms with van der Waals surface area (Å²) in [7, 11) is 0. The van der Waals surface area contributed by atoms with Crippen LogP contribution in [0.25, 0.3) is 0 Å². The van der Waals surface area contributed by atoms with Crippen LogP contribution in [-0.2, 0) is 11.2 Å². The summed E-state index contributed by atoms with van der Waals surface area (Å²) in [5.74, 6) is 5.38. The highest BCUT2D eigenvalue weighted by Crippen LogP contribution is 2.47. The molecule has 3 fully saturated rings. The normalized spacial score (nSPS) is 26.3. The molecule has 1 saturated carbocycles. The van der Waals surface area contributed by atoms with E-state index in [0.717, 1.165) is 81.9 Å². The molecule has 2 aromatic heterocycles. The maximum Gasteiger partial charge on any atom is 0.223 e. The Morgan fingerprint density at radius 2 is 1.97 bits per heavy atom. The van der Waals surface area contributed by atoms with Crippen molar-refractivity contribution in [1.82, 2.24) is 14.8 Å². The zero-order chi connectivity index (χ0) is 21.9. The summed E-state index contributed by atoms with van der Waals surface area (Å²) >= 11 is 0. The molecule has 4 heterocycles. The minimum Gasteiger partial charge on any atom is -0.466 e. The van der Waals surface area contributed by atoms with Crippen LogP contribution in [0.5, 0.6) is 0 Å². The zero-order valence-electron chi connectivity index (χ0n) is 19.3. The summed E-state index contributed by atoms with van der Waals surface area (Å²) in [5.41, 5.74) is 0. The number of amides is 1. The highest BCUT2D eigenvalue weighted by molar-refractivity contribution is 5.76. The largest absolute Gasteiger partial charge is 0.466 e. The predicted octanol–water partition coefficient (Wildman–Crippen LogP) is 3.79. The highest BCUT2D eigenvalue weighted by Gasteiger charge is 2.36. The smallest absolute Gasteiger partial charge is 0.223 e. The number of likely N-dealkylation sites (tertiary alicyclic amines) is 1. The van der Waals surface area contributed by atoms with E-state index in [0.29, 0.717) is 18.3 Å². The molecule has 32 heavy (non-hydrogen) atoms. The van der Waals surface area contributed by atoms with Gasteiger partial charge < -0.3 is 14.2 Å². The van der Waals surface area contributed by atoms with Crippen molar-refractivity contribution in [3.05, 3.63) is 48.0 Å². The van der Waals surface area contributed by atoms with Crippen LogP contribution in [0.2, 0.25) is 0 Å². The van der Waals surface area contributed by atoms with Gasteiger partial charge >= 0.3 is 0 Å². The van der Waals surface area contributed by atoms with Crippen LogP contribution in [0.15, 0.2) is 40.9 Å². The van der Waals surface area contributed by atoms with Gasteiger partial charge in [0.25, 0.3) is 0 Å². The van der Waals surface area contributed by atoms with E-state index in [4.69, 9.17) is 4.42 Å². The molecule has 0 bridgehead atoms. The minimum absolute atomic E-state index is 0.285. The van der Waals surface area contributed by atoms with Gasteiger partial charge in [-0.15, -0.1) is 0 Å². The summed E-state index contributed by atoms with van der Waals surface area (Å²) in [6, 6.07) is 10.3. The highest BCUT2D eigenvalue weighted by atomic mass is 16.3. The second kappa shape index (κ2) is 9.65. The van der Waals surface area contributed by atoms with Gasteiger partial charge in [-0.05, 0) is 55.4 Å². The van der Waals surface area contributed by atoms with Crippen molar-refractivity contribution in [2.45, 2.75) is 44.9 Å². The zero-order valence-corrected chi connectivity index (χ0v) is 19.3. The lowest BCUT2D eigenvalue weighted by Gasteiger charge is -2.39. The fourth-order valence-corrected chi connectivity index (χ4v) is 5.34. The standard InChI is InChI=1S/C26H36N4O2/c1-20-17-23(20)24-9-7-22(32-24)8-10-26(31)30-12-4-5-21(19-30)18-28-13-15-29(16-14-28)25-6-2-3-11-27-25/h2-3,6-7,9,11,20-21,23H,4-5,8,10,12-19H2,1H3. The Morgan fingerprint density at radius 1 is 1.12 bits per heavy atom. The second-order valence-electron chi connectivity index (χ2n) is 9.95. The molecule has 0 radical (unpaired) electrons. The summed E-state index contributed by atoms with van der Waals surface area (Å²) in [5, 5.41) is 0. The number of carbonyl (C=O) groups excluding carboxylic acids is 1. The SMILES string of the molecule is CC1CC1c1ccc(CCC(=O)N2CCCC(CN3CCN(c4ccccn4)CC3)C2)o1. The molecular weight excluding hydrogens is 400 g/mol. The number of piperazine rings is 1. The molecule has 1 aliphatic carbocycles. The van der Waals surface area contributed by atoms with Gasteiger partial charge in [-0.2, -0.15) is 0 Å². The average Bonchev–Trinajstić information content (AvgIpc) is 3.37. The molecule has 0 N–H and O–H groups in total. The third-order valence-electron chi connectivity index (χ3n) is 7.48. The van der Waals surface area contributed by atoms with E-state index in [-0.39, 0.29) is 5.91 Å². The molecule has 6 heteroatoms. The van der Waals surface area contributed by atoms with Crippen molar-refractivity contribution in [1.29, 1.82) is 0 Å². The Kier molecular flexibility index (Phi) is 6.49.